The zero-order chi connectivity index (χ0) is 20.2. The van der Waals surface area contributed by atoms with Crippen LogP contribution in [0.4, 0.5) is 18.9 Å². The first-order valence-electron chi connectivity index (χ1n) is 7.59. The molecule has 0 unspecified atom stereocenters. The predicted octanol–water partition coefficient (Wildman–Crippen LogP) is 3.51. The Morgan fingerprint density at radius 2 is 1.93 bits per heavy atom. The zero-order valence-corrected chi connectivity index (χ0v) is 14.1. The van der Waals surface area contributed by atoms with Gasteiger partial charge in [-0.05, 0) is 18.2 Å². The summed E-state index contributed by atoms with van der Waals surface area (Å²) < 4.78 is 41.4. The highest BCUT2D eigenvalue weighted by molar-refractivity contribution is 5.98. The average molecular weight is 384 g/mol. The van der Waals surface area contributed by atoms with Crippen LogP contribution in [0.2, 0.25) is 0 Å². The van der Waals surface area contributed by atoms with E-state index in [0.29, 0.717) is 5.56 Å². The van der Waals surface area contributed by atoms with Gasteiger partial charge in [-0.25, -0.2) is 0 Å². The van der Waals surface area contributed by atoms with Gasteiger partial charge in [0.1, 0.15) is 17.1 Å². The van der Waals surface area contributed by atoms with Gasteiger partial charge in [0.05, 0.1) is 4.92 Å². The maximum absolute atomic E-state index is 12.6. The quantitative estimate of drug-likeness (QED) is 0.608. The van der Waals surface area contributed by atoms with E-state index in [1.54, 1.807) is 18.2 Å². The van der Waals surface area contributed by atoms with Crippen molar-refractivity contribution in [3.8, 4) is 11.5 Å². The molecule has 1 N–H and O–H groups in total. The van der Waals surface area contributed by atoms with Gasteiger partial charge in [-0.15, -0.1) is 0 Å². The van der Waals surface area contributed by atoms with Gasteiger partial charge >= 0.3 is 6.18 Å². The van der Waals surface area contributed by atoms with E-state index >= 15 is 0 Å². The Hall–Kier alpha value is -3.30. The fourth-order valence-electron chi connectivity index (χ4n) is 2.28. The maximum Gasteiger partial charge on any atom is 0.422 e. The highest BCUT2D eigenvalue weighted by Gasteiger charge is 2.29. The van der Waals surface area contributed by atoms with Crippen LogP contribution in [0.15, 0.2) is 42.5 Å². The lowest BCUT2D eigenvalue weighted by molar-refractivity contribution is -0.385. The number of alkyl halides is 3. The number of hydrogen-bond donors (Lipinski definition) is 1. The van der Waals surface area contributed by atoms with Gasteiger partial charge in [0.2, 0.25) is 0 Å². The number of ether oxygens (including phenoxy) is 1. The summed E-state index contributed by atoms with van der Waals surface area (Å²) >= 11 is 0. The summed E-state index contributed by atoms with van der Waals surface area (Å²) in [5.41, 5.74) is -0.582. The molecule has 0 heterocycles. The smallest absolute Gasteiger partial charge is 0.422 e. The highest BCUT2D eigenvalue weighted by atomic mass is 19.4. The molecule has 10 heteroatoms. The molecule has 27 heavy (non-hydrogen) atoms. The van der Waals surface area contributed by atoms with Crippen molar-refractivity contribution in [2.45, 2.75) is 12.7 Å². The van der Waals surface area contributed by atoms with Gasteiger partial charge < -0.3 is 14.7 Å². The molecule has 7 nitrogen and oxygen atoms in total. The largest absolute Gasteiger partial charge is 0.508 e. The molecule has 144 valence electrons. The van der Waals surface area contributed by atoms with Crippen molar-refractivity contribution in [1.82, 2.24) is 4.90 Å². The van der Waals surface area contributed by atoms with Crippen molar-refractivity contribution in [2.75, 3.05) is 13.7 Å². The summed E-state index contributed by atoms with van der Waals surface area (Å²) in [7, 11) is 1.35. The number of nitrogens with zero attached hydrogens (tertiary/aromatic N) is 2. The minimum absolute atomic E-state index is 0.0592. The van der Waals surface area contributed by atoms with E-state index in [1.807, 2.05) is 0 Å². The fourth-order valence-corrected chi connectivity index (χ4v) is 2.28. The minimum Gasteiger partial charge on any atom is -0.508 e. The Bertz CT molecular complexity index is 855. The van der Waals surface area contributed by atoms with E-state index in [1.165, 1.54) is 13.1 Å². The number of carbonyl (C=O) groups excluding carboxylic acids is 1. The summed E-state index contributed by atoms with van der Waals surface area (Å²) in [6.45, 7) is -1.65. The van der Waals surface area contributed by atoms with Crippen LogP contribution < -0.4 is 4.74 Å². The lowest BCUT2D eigenvalue weighted by atomic mass is 10.1. The van der Waals surface area contributed by atoms with Gasteiger partial charge in [0, 0.05) is 25.2 Å². The summed E-state index contributed by atoms with van der Waals surface area (Å²) in [5.74, 6) is -1.19. The van der Waals surface area contributed by atoms with E-state index in [0.717, 1.165) is 23.1 Å². The Balaban J connectivity index is 2.28. The van der Waals surface area contributed by atoms with E-state index < -0.39 is 34.9 Å². The van der Waals surface area contributed by atoms with Gasteiger partial charge in [-0.1, -0.05) is 18.2 Å². The van der Waals surface area contributed by atoms with Crippen LogP contribution in [0, 0.1) is 10.1 Å². The molecule has 0 fully saturated rings. The van der Waals surface area contributed by atoms with E-state index in [2.05, 4.69) is 4.74 Å². The van der Waals surface area contributed by atoms with Crippen molar-refractivity contribution < 1.29 is 32.7 Å². The second kappa shape index (κ2) is 7.94. The molecule has 2 aromatic carbocycles. The number of halogens is 3. The molecular formula is C17H15F3N2O5. The number of phenols is 1. The monoisotopic (exact) mass is 384 g/mol. The van der Waals surface area contributed by atoms with Crippen LogP contribution in [0.5, 0.6) is 11.5 Å². The van der Waals surface area contributed by atoms with Crippen LogP contribution in [0.25, 0.3) is 0 Å². The number of hydrogen-bond acceptors (Lipinski definition) is 5. The van der Waals surface area contributed by atoms with E-state index in [4.69, 9.17) is 0 Å². The first-order chi connectivity index (χ1) is 12.6. The molecule has 2 aromatic rings. The van der Waals surface area contributed by atoms with E-state index in [9.17, 15) is 33.2 Å². The molecule has 1 amide bonds. The standard InChI is InChI=1S/C17H15F3N2O5/c1-21(9-11-4-2-3-5-15(11)23)16(24)13-8-12(27-10-17(18,19)20)6-7-14(13)22(25)26/h2-8,23H,9-10H2,1H3. The lowest BCUT2D eigenvalue weighted by Crippen LogP contribution is -2.27. The second-order valence-corrected chi connectivity index (χ2v) is 5.63. The molecule has 0 spiro atoms. The topological polar surface area (TPSA) is 92.9 Å². The number of rotatable bonds is 6. The summed E-state index contributed by atoms with van der Waals surface area (Å²) in [6, 6.07) is 9.01. The summed E-state index contributed by atoms with van der Waals surface area (Å²) in [5, 5.41) is 20.9. The van der Waals surface area contributed by atoms with Crippen molar-refractivity contribution in [3.63, 3.8) is 0 Å². The van der Waals surface area contributed by atoms with Crippen LogP contribution in [0.3, 0.4) is 0 Å². The van der Waals surface area contributed by atoms with Crippen LogP contribution in [0.1, 0.15) is 15.9 Å². The molecule has 0 saturated carbocycles. The molecule has 0 atom stereocenters. The van der Waals surface area contributed by atoms with Crippen LogP contribution >= 0.6 is 0 Å². The van der Waals surface area contributed by atoms with Crippen molar-refractivity contribution >= 4 is 11.6 Å². The van der Waals surface area contributed by atoms with Crippen molar-refractivity contribution in [3.05, 3.63) is 63.7 Å². The Morgan fingerprint density at radius 1 is 1.26 bits per heavy atom. The average Bonchev–Trinajstić information content (AvgIpc) is 2.60. The summed E-state index contributed by atoms with van der Waals surface area (Å²) in [4.78, 5) is 24.1. The van der Waals surface area contributed by atoms with Gasteiger partial charge in [-0.3, -0.25) is 14.9 Å². The lowest BCUT2D eigenvalue weighted by Gasteiger charge is -2.18. The SMILES string of the molecule is CN(Cc1ccccc1O)C(=O)c1cc(OCC(F)(F)F)ccc1[N+](=O)[O-]. The first-order valence-corrected chi connectivity index (χ1v) is 7.59. The second-order valence-electron chi connectivity index (χ2n) is 5.63. The number of aromatic hydroxyl groups is 1. The highest BCUT2D eigenvalue weighted by Crippen LogP contribution is 2.27. The van der Waals surface area contributed by atoms with Crippen molar-refractivity contribution in [2.24, 2.45) is 0 Å². The molecule has 0 aromatic heterocycles. The third-order valence-corrected chi connectivity index (χ3v) is 3.54. The number of benzene rings is 2. The van der Waals surface area contributed by atoms with Crippen LogP contribution in [-0.2, 0) is 6.54 Å². The molecule has 0 bridgehead atoms. The number of para-hydroxylation sites is 1. The molecule has 0 aliphatic carbocycles. The molecule has 0 aliphatic rings. The fraction of sp³-hybridized carbons (Fsp3) is 0.235. The van der Waals surface area contributed by atoms with Gasteiger partial charge in [-0.2, -0.15) is 13.2 Å². The first kappa shape index (κ1) is 20.0. The number of amides is 1. The summed E-state index contributed by atoms with van der Waals surface area (Å²) in [6.07, 6.45) is -4.59. The van der Waals surface area contributed by atoms with Crippen LogP contribution in [-0.4, -0.2) is 40.7 Å². The molecule has 0 aliphatic heterocycles. The zero-order valence-electron chi connectivity index (χ0n) is 14.1. The molecule has 0 saturated heterocycles. The molecule has 0 radical (unpaired) electrons. The predicted molar refractivity (Wildman–Crippen MR) is 88.6 cm³/mol. The van der Waals surface area contributed by atoms with Crippen molar-refractivity contribution in [1.29, 1.82) is 0 Å². The normalized spacial score (nSPS) is 11.1. The maximum atomic E-state index is 12.6. The Labute approximate surface area is 151 Å². The number of carbonyl (C=O) groups is 1. The van der Waals surface area contributed by atoms with Gasteiger partial charge in [0.15, 0.2) is 6.61 Å². The number of nitro benzene ring substituents is 1. The van der Waals surface area contributed by atoms with Gasteiger partial charge in [0.25, 0.3) is 11.6 Å². The molecule has 2 rings (SSSR count). The minimum atomic E-state index is -4.59. The third-order valence-electron chi connectivity index (χ3n) is 3.54. The molecular weight excluding hydrogens is 369 g/mol. The van der Waals surface area contributed by atoms with E-state index in [-0.39, 0.29) is 18.0 Å². The Morgan fingerprint density at radius 3 is 2.52 bits per heavy atom. The number of nitro groups is 1. The Kier molecular flexibility index (Phi) is 5.88. The third kappa shape index (κ3) is 5.33. The number of phenolic OH excluding ortho intramolecular Hbond substituents is 1.